The lowest BCUT2D eigenvalue weighted by molar-refractivity contribution is -0.152. The molecule has 27 heavy (non-hydrogen) atoms. The molecule has 0 saturated carbocycles. The first-order chi connectivity index (χ1) is 13.0. The van der Waals surface area contributed by atoms with E-state index in [0.29, 0.717) is 5.69 Å². The zero-order chi connectivity index (χ0) is 19.4. The highest BCUT2D eigenvalue weighted by molar-refractivity contribution is 5.95. The van der Waals surface area contributed by atoms with Gasteiger partial charge in [-0.2, -0.15) is 0 Å². The van der Waals surface area contributed by atoms with Gasteiger partial charge >= 0.3 is 5.97 Å². The van der Waals surface area contributed by atoms with Crippen molar-refractivity contribution in [3.8, 4) is 0 Å². The number of amides is 1. The fourth-order valence-corrected chi connectivity index (χ4v) is 2.84. The molecule has 5 heteroatoms. The van der Waals surface area contributed by atoms with Gasteiger partial charge in [-0.1, -0.05) is 31.2 Å². The van der Waals surface area contributed by atoms with Crippen molar-refractivity contribution in [2.24, 2.45) is 0 Å². The molecule has 0 radical (unpaired) electrons. The van der Waals surface area contributed by atoms with Crippen molar-refractivity contribution in [3.05, 3.63) is 65.4 Å². The molecule has 2 aromatic carbocycles. The Morgan fingerprint density at radius 1 is 1.15 bits per heavy atom. The summed E-state index contributed by atoms with van der Waals surface area (Å²) in [7, 11) is 0. The maximum Gasteiger partial charge on any atom is 0.311 e. The summed E-state index contributed by atoms with van der Waals surface area (Å²) in [5.74, 6) is -0.831. The van der Waals surface area contributed by atoms with Crippen LogP contribution in [0.15, 0.2) is 53.1 Å². The average molecular weight is 365 g/mol. The summed E-state index contributed by atoms with van der Waals surface area (Å²) < 4.78 is 10.8. The average Bonchev–Trinajstić information content (AvgIpc) is 3.03. The molecule has 140 valence electrons. The summed E-state index contributed by atoms with van der Waals surface area (Å²) >= 11 is 0. The summed E-state index contributed by atoms with van der Waals surface area (Å²) in [6.07, 6.45) is 1.66. The third-order valence-corrected chi connectivity index (χ3v) is 4.45. The van der Waals surface area contributed by atoms with Crippen LogP contribution in [0, 0.1) is 6.92 Å². The molecule has 3 aromatic rings. The highest BCUT2D eigenvalue weighted by atomic mass is 16.5. The molecule has 0 unspecified atom stereocenters. The van der Waals surface area contributed by atoms with Crippen LogP contribution >= 0.6 is 0 Å². The monoisotopic (exact) mass is 365 g/mol. The molecule has 0 aliphatic rings. The molecule has 1 heterocycles. The number of furan rings is 1. The quantitative estimate of drug-likeness (QED) is 0.657. The molecule has 1 aromatic heterocycles. The normalized spacial score (nSPS) is 12.0. The molecule has 0 aliphatic heterocycles. The van der Waals surface area contributed by atoms with Gasteiger partial charge in [-0.25, -0.2) is 0 Å². The van der Waals surface area contributed by atoms with E-state index < -0.39 is 12.1 Å². The minimum atomic E-state index is -0.885. The second-order valence-electron chi connectivity index (χ2n) is 6.61. The molecule has 0 bridgehead atoms. The number of aryl methyl sites for hydroxylation is 2. The van der Waals surface area contributed by atoms with Gasteiger partial charge in [0.1, 0.15) is 5.58 Å². The predicted molar refractivity (Wildman–Crippen MR) is 105 cm³/mol. The number of nitrogens with one attached hydrogen (secondary N) is 1. The summed E-state index contributed by atoms with van der Waals surface area (Å²) in [6.45, 7) is 5.61. The van der Waals surface area contributed by atoms with Crippen molar-refractivity contribution < 1.29 is 18.7 Å². The number of anilines is 1. The van der Waals surface area contributed by atoms with E-state index in [2.05, 4.69) is 12.2 Å². The lowest BCUT2D eigenvalue weighted by atomic mass is 10.1. The first kappa shape index (κ1) is 18.7. The van der Waals surface area contributed by atoms with Crippen LogP contribution in [-0.2, 0) is 27.2 Å². The number of hydrogen-bond donors (Lipinski definition) is 1. The van der Waals surface area contributed by atoms with E-state index in [-0.39, 0.29) is 12.3 Å². The maximum atomic E-state index is 12.2. The van der Waals surface area contributed by atoms with Crippen molar-refractivity contribution >= 4 is 28.5 Å². The first-order valence-corrected chi connectivity index (χ1v) is 9.02. The van der Waals surface area contributed by atoms with Crippen LogP contribution in [-0.4, -0.2) is 18.0 Å². The number of hydrogen-bond acceptors (Lipinski definition) is 4. The van der Waals surface area contributed by atoms with Crippen molar-refractivity contribution in [2.75, 3.05) is 5.32 Å². The van der Waals surface area contributed by atoms with Crippen molar-refractivity contribution in [1.29, 1.82) is 0 Å². The van der Waals surface area contributed by atoms with E-state index >= 15 is 0 Å². The molecule has 1 amide bonds. The molecule has 0 fully saturated rings. The molecule has 0 saturated heterocycles. The molecule has 1 N–H and O–H groups in total. The minimum absolute atomic E-state index is 0.0544. The lowest BCUT2D eigenvalue weighted by Gasteiger charge is -2.13. The number of benzene rings is 2. The van der Waals surface area contributed by atoms with Gasteiger partial charge in [0.05, 0.1) is 12.7 Å². The van der Waals surface area contributed by atoms with E-state index in [1.807, 2.05) is 49.4 Å². The third kappa shape index (κ3) is 4.56. The topological polar surface area (TPSA) is 68.5 Å². The summed E-state index contributed by atoms with van der Waals surface area (Å²) in [5.41, 5.74) is 4.44. The first-order valence-electron chi connectivity index (χ1n) is 9.02. The van der Waals surface area contributed by atoms with Gasteiger partial charge in [-0.15, -0.1) is 0 Å². The van der Waals surface area contributed by atoms with Crippen LogP contribution < -0.4 is 5.32 Å². The van der Waals surface area contributed by atoms with Crippen molar-refractivity contribution in [1.82, 2.24) is 0 Å². The van der Waals surface area contributed by atoms with Crippen molar-refractivity contribution in [3.63, 3.8) is 0 Å². The number of ether oxygens (including phenoxy) is 1. The zero-order valence-electron chi connectivity index (χ0n) is 15.7. The van der Waals surface area contributed by atoms with Gasteiger partial charge in [0, 0.05) is 16.6 Å². The van der Waals surface area contributed by atoms with Gasteiger partial charge in [0.15, 0.2) is 6.10 Å². The van der Waals surface area contributed by atoms with E-state index in [0.717, 1.165) is 28.5 Å². The van der Waals surface area contributed by atoms with Crippen LogP contribution in [0.2, 0.25) is 0 Å². The zero-order valence-corrected chi connectivity index (χ0v) is 15.7. The Balaban J connectivity index is 1.58. The number of fused-ring (bicyclic) bond motifs is 1. The van der Waals surface area contributed by atoms with Crippen LogP contribution in [0.25, 0.3) is 11.0 Å². The molecule has 3 rings (SSSR count). The van der Waals surface area contributed by atoms with E-state index in [1.165, 1.54) is 5.56 Å². The van der Waals surface area contributed by atoms with Gasteiger partial charge in [0.2, 0.25) is 0 Å². The Labute approximate surface area is 158 Å². The second kappa shape index (κ2) is 8.08. The summed E-state index contributed by atoms with van der Waals surface area (Å²) in [6, 6.07) is 13.4. The molecular weight excluding hydrogens is 342 g/mol. The lowest BCUT2D eigenvalue weighted by Crippen LogP contribution is -2.30. The largest absolute Gasteiger partial charge is 0.464 e. The minimum Gasteiger partial charge on any atom is -0.464 e. The second-order valence-corrected chi connectivity index (χ2v) is 6.61. The molecule has 0 spiro atoms. The highest BCUT2D eigenvalue weighted by Gasteiger charge is 2.19. The van der Waals surface area contributed by atoms with Crippen LogP contribution in [0.4, 0.5) is 5.69 Å². The smallest absolute Gasteiger partial charge is 0.311 e. The summed E-state index contributed by atoms with van der Waals surface area (Å²) in [4.78, 5) is 24.5. The van der Waals surface area contributed by atoms with Gasteiger partial charge in [-0.05, 0) is 49.6 Å². The number of rotatable bonds is 6. The fourth-order valence-electron chi connectivity index (χ4n) is 2.84. The molecule has 1 atom stereocenters. The Morgan fingerprint density at radius 2 is 1.89 bits per heavy atom. The predicted octanol–water partition coefficient (Wildman–Crippen LogP) is 4.42. The fraction of sp³-hybridized carbons (Fsp3) is 0.273. The molecular formula is C22H23NO4. The SMILES string of the molecule is CCc1ccc(NC(=O)[C@H](C)OC(=O)Cc2coc3cc(C)ccc23)cc1. The van der Waals surface area contributed by atoms with Crippen molar-refractivity contribution in [2.45, 2.75) is 39.7 Å². The van der Waals surface area contributed by atoms with Crippen LogP contribution in [0.1, 0.15) is 30.5 Å². The van der Waals surface area contributed by atoms with Crippen LogP contribution in [0.3, 0.4) is 0 Å². The molecule has 0 aliphatic carbocycles. The van der Waals surface area contributed by atoms with Gasteiger partial charge in [-0.3, -0.25) is 9.59 Å². The Morgan fingerprint density at radius 3 is 2.59 bits per heavy atom. The number of carbonyl (C=O) groups excluding carboxylic acids is 2. The number of carbonyl (C=O) groups is 2. The Hall–Kier alpha value is -3.08. The molecule has 5 nitrogen and oxygen atoms in total. The number of esters is 1. The Kier molecular flexibility index (Phi) is 5.60. The van der Waals surface area contributed by atoms with Crippen LogP contribution in [0.5, 0.6) is 0 Å². The van der Waals surface area contributed by atoms with E-state index in [4.69, 9.17) is 9.15 Å². The van der Waals surface area contributed by atoms with E-state index in [9.17, 15) is 9.59 Å². The highest BCUT2D eigenvalue weighted by Crippen LogP contribution is 2.23. The standard InChI is InChI=1S/C22H23NO4/c1-4-16-6-8-18(9-7-16)23-22(25)15(3)27-21(24)12-17-13-26-20-11-14(2)5-10-19(17)20/h5-11,13,15H,4,12H2,1-3H3,(H,23,25)/t15-/m0/s1. The maximum absolute atomic E-state index is 12.2. The van der Waals surface area contributed by atoms with E-state index in [1.54, 1.807) is 13.2 Å². The van der Waals surface area contributed by atoms with Gasteiger partial charge in [0.25, 0.3) is 5.91 Å². The third-order valence-electron chi connectivity index (χ3n) is 4.45. The summed E-state index contributed by atoms with van der Waals surface area (Å²) in [5, 5.41) is 3.64. The Bertz CT molecular complexity index is 956. The van der Waals surface area contributed by atoms with Gasteiger partial charge < -0.3 is 14.5 Å².